The Hall–Kier alpha value is -1.39. The molecule has 0 atom stereocenters. The van der Waals surface area contributed by atoms with Crippen molar-refractivity contribution in [3.05, 3.63) is 63.3 Å². The number of hydrogen-bond donors (Lipinski definition) is 0. The minimum atomic E-state index is -0.343. The van der Waals surface area contributed by atoms with Crippen LogP contribution in [-0.2, 0) is 0 Å². The standard InChI is InChI=1S/C14H10BrClFNO/c1-18(11-5-3-10(17)4-6-11)14(19)12-8-9(15)2-7-13(12)16/h2-8H,1H3. The van der Waals surface area contributed by atoms with Crippen molar-refractivity contribution in [2.75, 3.05) is 11.9 Å². The molecule has 0 radical (unpaired) electrons. The van der Waals surface area contributed by atoms with Gasteiger partial charge in [0, 0.05) is 17.2 Å². The number of halogens is 3. The molecule has 0 bridgehead atoms. The van der Waals surface area contributed by atoms with Gasteiger partial charge in [0.15, 0.2) is 0 Å². The molecule has 0 saturated carbocycles. The third-order valence-electron chi connectivity index (χ3n) is 2.68. The number of nitrogens with zero attached hydrogens (tertiary/aromatic N) is 1. The number of rotatable bonds is 2. The van der Waals surface area contributed by atoms with Crippen molar-refractivity contribution in [3.8, 4) is 0 Å². The van der Waals surface area contributed by atoms with Crippen molar-refractivity contribution in [3.63, 3.8) is 0 Å². The average molecular weight is 343 g/mol. The van der Waals surface area contributed by atoms with Gasteiger partial charge in [-0.15, -0.1) is 0 Å². The summed E-state index contributed by atoms with van der Waals surface area (Å²) < 4.78 is 13.6. The molecular weight excluding hydrogens is 333 g/mol. The average Bonchev–Trinajstić information content (AvgIpc) is 2.41. The topological polar surface area (TPSA) is 20.3 Å². The highest BCUT2D eigenvalue weighted by atomic mass is 79.9. The normalized spacial score (nSPS) is 10.3. The van der Waals surface area contributed by atoms with E-state index in [1.54, 1.807) is 37.4 Å². The van der Waals surface area contributed by atoms with E-state index >= 15 is 0 Å². The van der Waals surface area contributed by atoms with Crippen LogP contribution in [-0.4, -0.2) is 13.0 Å². The Morgan fingerprint density at radius 2 is 1.84 bits per heavy atom. The Labute approximate surface area is 123 Å². The van der Waals surface area contributed by atoms with Crippen LogP contribution in [0.4, 0.5) is 10.1 Å². The Kier molecular flexibility index (Phi) is 4.22. The van der Waals surface area contributed by atoms with Crippen molar-refractivity contribution >= 4 is 39.1 Å². The van der Waals surface area contributed by atoms with E-state index in [1.165, 1.54) is 17.0 Å². The SMILES string of the molecule is CN(C(=O)c1cc(Br)ccc1Cl)c1ccc(F)cc1. The molecule has 2 aromatic rings. The largest absolute Gasteiger partial charge is 0.311 e. The zero-order valence-corrected chi connectivity index (χ0v) is 12.4. The Balaban J connectivity index is 2.33. The van der Waals surface area contributed by atoms with E-state index in [2.05, 4.69) is 15.9 Å². The third-order valence-corrected chi connectivity index (χ3v) is 3.50. The fourth-order valence-corrected chi connectivity index (χ4v) is 2.18. The van der Waals surface area contributed by atoms with Gasteiger partial charge in [-0.05, 0) is 42.5 Å². The molecule has 0 fully saturated rings. The summed E-state index contributed by atoms with van der Waals surface area (Å²) in [6, 6.07) is 10.8. The van der Waals surface area contributed by atoms with E-state index in [0.717, 1.165) is 4.47 Å². The highest BCUT2D eigenvalue weighted by molar-refractivity contribution is 9.10. The van der Waals surface area contributed by atoms with E-state index in [0.29, 0.717) is 16.3 Å². The fraction of sp³-hybridized carbons (Fsp3) is 0.0714. The van der Waals surface area contributed by atoms with Gasteiger partial charge in [-0.3, -0.25) is 4.79 Å². The van der Waals surface area contributed by atoms with Gasteiger partial charge in [0.1, 0.15) is 5.82 Å². The fourth-order valence-electron chi connectivity index (χ4n) is 1.62. The zero-order chi connectivity index (χ0) is 14.0. The predicted octanol–water partition coefficient (Wildman–Crippen LogP) is 4.52. The van der Waals surface area contributed by atoms with Crippen LogP contribution in [0, 0.1) is 5.82 Å². The molecule has 0 aliphatic heterocycles. The second kappa shape index (κ2) is 5.72. The molecule has 1 amide bonds. The van der Waals surface area contributed by atoms with Crippen LogP contribution in [0.25, 0.3) is 0 Å². The van der Waals surface area contributed by atoms with Crippen molar-refractivity contribution in [2.24, 2.45) is 0 Å². The maximum atomic E-state index is 12.9. The summed E-state index contributed by atoms with van der Waals surface area (Å²) in [7, 11) is 1.62. The number of carbonyl (C=O) groups excluding carboxylic acids is 1. The van der Waals surface area contributed by atoms with Crippen LogP contribution in [0.1, 0.15) is 10.4 Å². The number of hydrogen-bond acceptors (Lipinski definition) is 1. The summed E-state index contributed by atoms with van der Waals surface area (Å²) in [6.45, 7) is 0. The van der Waals surface area contributed by atoms with E-state index in [1.807, 2.05) is 0 Å². The van der Waals surface area contributed by atoms with Gasteiger partial charge in [-0.1, -0.05) is 27.5 Å². The molecular formula is C14H10BrClFNO. The van der Waals surface area contributed by atoms with E-state index < -0.39 is 0 Å². The summed E-state index contributed by atoms with van der Waals surface area (Å²) in [5, 5.41) is 0.377. The second-order valence-electron chi connectivity index (χ2n) is 3.96. The molecule has 98 valence electrons. The summed E-state index contributed by atoms with van der Waals surface area (Å²) in [4.78, 5) is 13.8. The maximum absolute atomic E-state index is 12.9. The summed E-state index contributed by atoms with van der Waals surface area (Å²) in [5.41, 5.74) is 0.991. The van der Waals surface area contributed by atoms with Crippen LogP contribution < -0.4 is 4.90 Å². The minimum Gasteiger partial charge on any atom is -0.311 e. The summed E-state index contributed by atoms with van der Waals surface area (Å²) >= 11 is 9.32. The second-order valence-corrected chi connectivity index (χ2v) is 5.29. The lowest BCUT2D eigenvalue weighted by Crippen LogP contribution is -2.26. The first kappa shape index (κ1) is 14.0. The van der Waals surface area contributed by atoms with Crippen molar-refractivity contribution in [2.45, 2.75) is 0 Å². The van der Waals surface area contributed by atoms with Gasteiger partial charge >= 0.3 is 0 Å². The highest BCUT2D eigenvalue weighted by Gasteiger charge is 2.16. The highest BCUT2D eigenvalue weighted by Crippen LogP contribution is 2.24. The van der Waals surface area contributed by atoms with Gasteiger partial charge in [0.05, 0.1) is 10.6 Å². The molecule has 19 heavy (non-hydrogen) atoms. The van der Waals surface area contributed by atoms with Gasteiger partial charge < -0.3 is 4.90 Å². The smallest absolute Gasteiger partial charge is 0.259 e. The monoisotopic (exact) mass is 341 g/mol. The van der Waals surface area contributed by atoms with Crippen LogP contribution >= 0.6 is 27.5 Å². The summed E-state index contributed by atoms with van der Waals surface area (Å²) in [6.07, 6.45) is 0. The molecule has 0 spiro atoms. The first-order valence-electron chi connectivity index (χ1n) is 5.47. The molecule has 5 heteroatoms. The molecule has 0 aliphatic carbocycles. The summed E-state index contributed by atoms with van der Waals surface area (Å²) in [5.74, 6) is -0.594. The van der Waals surface area contributed by atoms with Gasteiger partial charge in [-0.2, -0.15) is 0 Å². The Morgan fingerprint density at radius 3 is 2.47 bits per heavy atom. The van der Waals surface area contributed by atoms with Crippen LogP contribution in [0.15, 0.2) is 46.9 Å². The van der Waals surface area contributed by atoms with Crippen molar-refractivity contribution in [1.82, 2.24) is 0 Å². The molecule has 2 rings (SSSR count). The molecule has 2 aromatic carbocycles. The number of anilines is 1. The Bertz CT molecular complexity index is 615. The molecule has 2 nitrogen and oxygen atoms in total. The maximum Gasteiger partial charge on any atom is 0.259 e. The Morgan fingerprint density at radius 1 is 1.21 bits per heavy atom. The lowest BCUT2D eigenvalue weighted by Gasteiger charge is -2.18. The van der Waals surface area contributed by atoms with Crippen LogP contribution in [0.3, 0.4) is 0 Å². The first-order valence-corrected chi connectivity index (χ1v) is 6.65. The van der Waals surface area contributed by atoms with Crippen molar-refractivity contribution < 1.29 is 9.18 Å². The van der Waals surface area contributed by atoms with Crippen molar-refractivity contribution in [1.29, 1.82) is 0 Å². The molecule has 0 saturated heterocycles. The van der Waals surface area contributed by atoms with E-state index in [-0.39, 0.29) is 11.7 Å². The minimum absolute atomic E-state index is 0.252. The zero-order valence-electron chi connectivity index (χ0n) is 10.0. The van der Waals surface area contributed by atoms with E-state index in [4.69, 9.17) is 11.6 Å². The van der Waals surface area contributed by atoms with Crippen LogP contribution in [0.5, 0.6) is 0 Å². The third kappa shape index (κ3) is 3.14. The molecule has 0 aliphatic rings. The molecule has 0 aromatic heterocycles. The van der Waals surface area contributed by atoms with Gasteiger partial charge in [-0.25, -0.2) is 4.39 Å². The molecule has 0 N–H and O–H groups in total. The molecule has 0 heterocycles. The number of carbonyl (C=O) groups is 1. The lowest BCUT2D eigenvalue weighted by atomic mass is 10.2. The van der Waals surface area contributed by atoms with Gasteiger partial charge in [0.25, 0.3) is 5.91 Å². The number of benzene rings is 2. The van der Waals surface area contributed by atoms with Gasteiger partial charge in [0.2, 0.25) is 0 Å². The molecule has 0 unspecified atom stereocenters. The first-order chi connectivity index (χ1) is 8.99. The van der Waals surface area contributed by atoms with Crippen LogP contribution in [0.2, 0.25) is 5.02 Å². The van der Waals surface area contributed by atoms with E-state index in [9.17, 15) is 9.18 Å². The lowest BCUT2D eigenvalue weighted by molar-refractivity contribution is 0.0993. The number of amides is 1. The predicted molar refractivity (Wildman–Crippen MR) is 78.3 cm³/mol. The quantitative estimate of drug-likeness (QED) is 0.786.